The molecule has 60 valence electrons. The number of hydrogen-bond acceptors (Lipinski definition) is 2. The zero-order chi connectivity index (χ0) is 7.90. The van der Waals surface area contributed by atoms with Crippen molar-refractivity contribution in [3.8, 4) is 0 Å². The van der Waals surface area contributed by atoms with Crippen LogP contribution in [-0.2, 0) is 12.0 Å². The van der Waals surface area contributed by atoms with Crippen LogP contribution in [0.15, 0.2) is 11.4 Å². The molecule has 1 aromatic heterocycles. The van der Waals surface area contributed by atoms with Gasteiger partial charge in [0.2, 0.25) is 0 Å². The highest BCUT2D eigenvalue weighted by Gasteiger charge is 2.29. The molecule has 0 saturated carbocycles. The normalized spacial score (nSPS) is 30.0. The predicted octanol–water partition coefficient (Wildman–Crippen LogP) is 2.29. The molecule has 0 radical (unpaired) electrons. The van der Waals surface area contributed by atoms with E-state index < -0.39 is 5.60 Å². The molecule has 0 spiro atoms. The van der Waals surface area contributed by atoms with E-state index in [1.807, 2.05) is 6.92 Å². The first-order valence-corrected chi connectivity index (χ1v) is 4.87. The Morgan fingerprint density at radius 1 is 1.64 bits per heavy atom. The van der Waals surface area contributed by atoms with Gasteiger partial charge in [-0.1, -0.05) is 0 Å². The van der Waals surface area contributed by atoms with Crippen molar-refractivity contribution in [3.05, 3.63) is 21.9 Å². The van der Waals surface area contributed by atoms with Gasteiger partial charge in [-0.25, -0.2) is 0 Å². The molecule has 2 heteroatoms. The maximum absolute atomic E-state index is 9.92. The average Bonchev–Trinajstić information content (AvgIpc) is 2.34. The van der Waals surface area contributed by atoms with E-state index in [-0.39, 0.29) is 0 Å². The molecule has 1 heterocycles. The Morgan fingerprint density at radius 3 is 3.18 bits per heavy atom. The van der Waals surface area contributed by atoms with Gasteiger partial charge in [-0.05, 0) is 43.2 Å². The van der Waals surface area contributed by atoms with Crippen LogP contribution in [0.1, 0.15) is 30.2 Å². The van der Waals surface area contributed by atoms with Gasteiger partial charge in [0.05, 0.1) is 5.60 Å². The Kier molecular flexibility index (Phi) is 1.55. The van der Waals surface area contributed by atoms with E-state index in [2.05, 4.69) is 11.4 Å². The molecule has 0 amide bonds. The van der Waals surface area contributed by atoms with Crippen LogP contribution in [-0.4, -0.2) is 5.11 Å². The van der Waals surface area contributed by atoms with Crippen LogP contribution in [0.4, 0.5) is 0 Å². The molecule has 1 aromatic rings. The monoisotopic (exact) mass is 168 g/mol. The molecular formula is C9H12OS. The van der Waals surface area contributed by atoms with Crippen LogP contribution in [0.2, 0.25) is 0 Å². The Balaban J connectivity index is 2.48. The third-order valence-corrected chi connectivity index (χ3v) is 3.37. The van der Waals surface area contributed by atoms with Gasteiger partial charge >= 0.3 is 0 Å². The summed E-state index contributed by atoms with van der Waals surface area (Å²) < 4.78 is 0. The maximum Gasteiger partial charge on any atom is 0.0879 e. The number of fused-ring (bicyclic) bond motifs is 1. The molecule has 0 aliphatic heterocycles. The number of aliphatic hydroxyl groups is 1. The second-order valence-electron chi connectivity index (χ2n) is 3.38. The summed E-state index contributed by atoms with van der Waals surface area (Å²) in [7, 11) is 0. The van der Waals surface area contributed by atoms with Crippen molar-refractivity contribution in [3.63, 3.8) is 0 Å². The molecular weight excluding hydrogens is 156 g/mol. The van der Waals surface area contributed by atoms with Crippen molar-refractivity contribution < 1.29 is 5.11 Å². The smallest absolute Gasteiger partial charge is 0.0879 e. The minimum absolute atomic E-state index is 0.548. The molecule has 1 unspecified atom stereocenters. The third-order valence-electron chi connectivity index (χ3n) is 2.39. The standard InChI is InChI=1S/C9H12OS/c1-9(10)5-2-3-8-7(9)4-6-11-8/h4,6,10H,2-3,5H2,1H3. The van der Waals surface area contributed by atoms with Crippen LogP contribution in [0, 0.1) is 0 Å². The first-order chi connectivity index (χ1) is 5.20. The zero-order valence-electron chi connectivity index (χ0n) is 6.63. The molecule has 1 nitrogen and oxygen atoms in total. The van der Waals surface area contributed by atoms with Gasteiger partial charge in [0.1, 0.15) is 0 Å². The molecule has 1 atom stereocenters. The summed E-state index contributed by atoms with van der Waals surface area (Å²) in [5.41, 5.74) is 0.613. The summed E-state index contributed by atoms with van der Waals surface area (Å²) in [6.45, 7) is 1.91. The van der Waals surface area contributed by atoms with E-state index in [4.69, 9.17) is 0 Å². The second-order valence-corrected chi connectivity index (χ2v) is 4.39. The van der Waals surface area contributed by atoms with Crippen LogP contribution in [0.3, 0.4) is 0 Å². The van der Waals surface area contributed by atoms with Crippen LogP contribution >= 0.6 is 11.3 Å². The Bertz CT molecular complexity index is 262. The number of aryl methyl sites for hydroxylation is 1. The lowest BCUT2D eigenvalue weighted by Gasteiger charge is -2.28. The summed E-state index contributed by atoms with van der Waals surface area (Å²) in [5, 5.41) is 12.0. The third kappa shape index (κ3) is 1.10. The van der Waals surface area contributed by atoms with Crippen LogP contribution < -0.4 is 0 Å². The van der Waals surface area contributed by atoms with E-state index in [0.29, 0.717) is 0 Å². The predicted molar refractivity (Wildman–Crippen MR) is 46.8 cm³/mol. The molecule has 11 heavy (non-hydrogen) atoms. The fourth-order valence-electron chi connectivity index (χ4n) is 1.74. The van der Waals surface area contributed by atoms with Gasteiger partial charge in [0.15, 0.2) is 0 Å². The summed E-state index contributed by atoms with van der Waals surface area (Å²) in [5.74, 6) is 0. The minimum atomic E-state index is -0.548. The number of thiophene rings is 1. The number of hydrogen-bond donors (Lipinski definition) is 1. The summed E-state index contributed by atoms with van der Waals surface area (Å²) >= 11 is 1.77. The first kappa shape index (κ1) is 7.32. The van der Waals surface area contributed by atoms with Crippen LogP contribution in [0.5, 0.6) is 0 Å². The van der Waals surface area contributed by atoms with Crippen molar-refractivity contribution >= 4 is 11.3 Å². The van der Waals surface area contributed by atoms with E-state index in [1.165, 1.54) is 4.88 Å². The molecule has 1 N–H and O–H groups in total. The van der Waals surface area contributed by atoms with Crippen molar-refractivity contribution in [1.29, 1.82) is 0 Å². The fourth-order valence-corrected chi connectivity index (χ4v) is 2.79. The summed E-state index contributed by atoms with van der Waals surface area (Å²) in [4.78, 5) is 1.38. The second kappa shape index (κ2) is 2.32. The topological polar surface area (TPSA) is 20.2 Å². The van der Waals surface area contributed by atoms with Gasteiger partial charge in [0.25, 0.3) is 0 Å². The van der Waals surface area contributed by atoms with Gasteiger partial charge < -0.3 is 5.11 Å². The first-order valence-electron chi connectivity index (χ1n) is 3.99. The van der Waals surface area contributed by atoms with Crippen molar-refractivity contribution in [1.82, 2.24) is 0 Å². The van der Waals surface area contributed by atoms with E-state index in [1.54, 1.807) is 11.3 Å². The summed E-state index contributed by atoms with van der Waals surface area (Å²) in [6.07, 6.45) is 3.19. The minimum Gasteiger partial charge on any atom is -0.385 e. The van der Waals surface area contributed by atoms with Crippen molar-refractivity contribution in [2.75, 3.05) is 0 Å². The van der Waals surface area contributed by atoms with Gasteiger partial charge in [-0.15, -0.1) is 11.3 Å². The number of rotatable bonds is 0. The van der Waals surface area contributed by atoms with Gasteiger partial charge in [0, 0.05) is 4.88 Å². The highest BCUT2D eigenvalue weighted by atomic mass is 32.1. The Labute approximate surface area is 70.7 Å². The SMILES string of the molecule is CC1(O)CCCc2sccc21. The highest BCUT2D eigenvalue weighted by Crippen LogP contribution is 2.37. The Hall–Kier alpha value is -0.340. The summed E-state index contributed by atoms with van der Waals surface area (Å²) in [6, 6.07) is 2.05. The molecule has 0 fully saturated rings. The lowest BCUT2D eigenvalue weighted by atomic mass is 9.85. The van der Waals surface area contributed by atoms with E-state index in [0.717, 1.165) is 24.8 Å². The van der Waals surface area contributed by atoms with Gasteiger partial charge in [-0.2, -0.15) is 0 Å². The van der Waals surface area contributed by atoms with Gasteiger partial charge in [-0.3, -0.25) is 0 Å². The van der Waals surface area contributed by atoms with E-state index >= 15 is 0 Å². The molecule has 0 bridgehead atoms. The van der Waals surface area contributed by atoms with E-state index in [9.17, 15) is 5.11 Å². The average molecular weight is 168 g/mol. The zero-order valence-corrected chi connectivity index (χ0v) is 7.45. The van der Waals surface area contributed by atoms with Crippen molar-refractivity contribution in [2.45, 2.75) is 31.8 Å². The fraction of sp³-hybridized carbons (Fsp3) is 0.556. The highest BCUT2D eigenvalue weighted by molar-refractivity contribution is 7.10. The largest absolute Gasteiger partial charge is 0.385 e. The molecule has 1 aliphatic carbocycles. The molecule has 0 aromatic carbocycles. The molecule has 2 rings (SSSR count). The van der Waals surface area contributed by atoms with Crippen molar-refractivity contribution in [2.24, 2.45) is 0 Å². The Morgan fingerprint density at radius 2 is 2.45 bits per heavy atom. The quantitative estimate of drug-likeness (QED) is 0.630. The lowest BCUT2D eigenvalue weighted by molar-refractivity contribution is 0.0396. The van der Waals surface area contributed by atoms with Crippen LogP contribution in [0.25, 0.3) is 0 Å². The maximum atomic E-state index is 9.92. The molecule has 1 aliphatic rings. The molecule has 0 saturated heterocycles. The lowest BCUT2D eigenvalue weighted by Crippen LogP contribution is -2.25.